The van der Waals surface area contributed by atoms with Gasteiger partial charge in [-0.05, 0) is 17.0 Å². The van der Waals surface area contributed by atoms with Gasteiger partial charge in [0.25, 0.3) is 0 Å². The molecular weight excluding hydrogens is 312 g/mol. The molecule has 0 amide bonds. The first kappa shape index (κ1) is 17.2. The maximum absolute atomic E-state index is 11.7. The van der Waals surface area contributed by atoms with E-state index in [1.807, 2.05) is 36.8 Å². The number of hydrogen-bond acceptors (Lipinski definition) is 4. The van der Waals surface area contributed by atoms with Crippen molar-refractivity contribution in [2.24, 2.45) is 5.92 Å². The molecule has 2 aromatic carbocycles. The minimum absolute atomic E-state index is 0.0969. The van der Waals surface area contributed by atoms with E-state index < -0.39 is 0 Å². The standard InChI is InChI=1S/C18H22O2S2/c1-12(2)18(19)20-11-15-9-5-7-14-8-6-10-16(17(14)15)22-21-13(3)4/h5-10,12-13H,11H2,1-4H3. The fraction of sp³-hybridized carbons (Fsp3) is 0.389. The second kappa shape index (κ2) is 7.93. The average Bonchev–Trinajstić information content (AvgIpc) is 2.50. The van der Waals surface area contributed by atoms with Crippen LogP contribution < -0.4 is 0 Å². The summed E-state index contributed by atoms with van der Waals surface area (Å²) in [5.41, 5.74) is 1.07. The summed E-state index contributed by atoms with van der Waals surface area (Å²) in [5.74, 6) is -0.251. The summed E-state index contributed by atoms with van der Waals surface area (Å²) in [5, 5.41) is 2.94. The molecule has 118 valence electrons. The number of carbonyl (C=O) groups is 1. The number of ether oxygens (including phenoxy) is 1. The third-order valence-electron chi connectivity index (χ3n) is 3.12. The van der Waals surface area contributed by atoms with Gasteiger partial charge in [0.15, 0.2) is 0 Å². The number of rotatable bonds is 6. The molecule has 0 radical (unpaired) electrons. The molecule has 0 fully saturated rings. The van der Waals surface area contributed by atoms with E-state index in [-0.39, 0.29) is 11.9 Å². The van der Waals surface area contributed by atoms with Crippen molar-refractivity contribution >= 4 is 38.3 Å². The lowest BCUT2D eigenvalue weighted by molar-refractivity contribution is -0.148. The normalized spacial score (nSPS) is 11.4. The van der Waals surface area contributed by atoms with Gasteiger partial charge < -0.3 is 4.74 Å². The highest BCUT2D eigenvalue weighted by molar-refractivity contribution is 8.77. The summed E-state index contributed by atoms with van der Waals surface area (Å²) in [6.45, 7) is 8.42. The summed E-state index contributed by atoms with van der Waals surface area (Å²) in [6.07, 6.45) is 0. The van der Waals surface area contributed by atoms with Gasteiger partial charge in [-0.25, -0.2) is 0 Å². The van der Waals surface area contributed by atoms with Crippen LogP contribution in [0.5, 0.6) is 0 Å². The van der Waals surface area contributed by atoms with Gasteiger partial charge in [0.1, 0.15) is 6.61 Å². The van der Waals surface area contributed by atoms with E-state index in [4.69, 9.17) is 4.74 Å². The maximum atomic E-state index is 11.7. The van der Waals surface area contributed by atoms with Crippen molar-refractivity contribution < 1.29 is 9.53 Å². The molecule has 0 saturated carbocycles. The number of hydrogen-bond donors (Lipinski definition) is 0. The van der Waals surface area contributed by atoms with E-state index in [0.717, 1.165) is 5.56 Å². The predicted octanol–water partition coefficient (Wildman–Crippen LogP) is 5.69. The summed E-state index contributed by atoms with van der Waals surface area (Å²) >= 11 is 0. The van der Waals surface area contributed by atoms with Crippen LogP contribution in [0.3, 0.4) is 0 Å². The molecule has 0 aliphatic rings. The van der Waals surface area contributed by atoms with E-state index in [9.17, 15) is 4.79 Å². The van der Waals surface area contributed by atoms with Crippen molar-refractivity contribution in [1.29, 1.82) is 0 Å². The molecule has 0 aromatic heterocycles. The molecule has 0 spiro atoms. The first-order valence-corrected chi connectivity index (χ1v) is 9.71. The van der Waals surface area contributed by atoms with Crippen molar-refractivity contribution in [2.75, 3.05) is 0 Å². The zero-order valence-electron chi connectivity index (χ0n) is 13.5. The number of benzene rings is 2. The smallest absolute Gasteiger partial charge is 0.308 e. The monoisotopic (exact) mass is 334 g/mol. The molecule has 0 bridgehead atoms. The van der Waals surface area contributed by atoms with Crippen molar-refractivity contribution in [3.05, 3.63) is 42.0 Å². The first-order chi connectivity index (χ1) is 10.5. The summed E-state index contributed by atoms with van der Waals surface area (Å²) in [6, 6.07) is 12.5. The topological polar surface area (TPSA) is 26.3 Å². The Morgan fingerprint density at radius 2 is 1.77 bits per heavy atom. The second-order valence-electron chi connectivity index (χ2n) is 5.76. The molecule has 4 heteroatoms. The molecule has 0 aliphatic heterocycles. The predicted molar refractivity (Wildman–Crippen MR) is 97.2 cm³/mol. The Morgan fingerprint density at radius 3 is 2.41 bits per heavy atom. The van der Waals surface area contributed by atoms with Crippen LogP contribution in [0.4, 0.5) is 0 Å². The lowest BCUT2D eigenvalue weighted by Crippen LogP contribution is -2.11. The molecule has 0 saturated heterocycles. The van der Waals surface area contributed by atoms with Crippen LogP contribution in [0.25, 0.3) is 10.8 Å². The molecule has 2 rings (SSSR count). The lowest BCUT2D eigenvalue weighted by Gasteiger charge is -2.13. The Balaban J connectivity index is 2.30. The Labute approximate surface area is 140 Å². The Morgan fingerprint density at radius 1 is 1.09 bits per heavy atom. The van der Waals surface area contributed by atoms with Gasteiger partial charge in [0, 0.05) is 15.5 Å². The minimum atomic E-state index is -0.154. The Bertz CT molecular complexity index is 645. The summed E-state index contributed by atoms with van der Waals surface area (Å²) in [4.78, 5) is 12.9. The molecule has 2 nitrogen and oxygen atoms in total. The van der Waals surface area contributed by atoms with Crippen molar-refractivity contribution in [2.45, 2.75) is 44.4 Å². The fourth-order valence-corrected chi connectivity index (χ4v) is 4.10. The fourth-order valence-electron chi connectivity index (χ4n) is 2.04. The van der Waals surface area contributed by atoms with Crippen LogP contribution in [0.2, 0.25) is 0 Å². The molecule has 0 heterocycles. The zero-order valence-corrected chi connectivity index (χ0v) is 15.1. The van der Waals surface area contributed by atoms with Crippen molar-refractivity contribution in [3.8, 4) is 0 Å². The van der Waals surface area contributed by atoms with Crippen LogP contribution in [0, 0.1) is 5.92 Å². The third-order valence-corrected chi connectivity index (χ3v) is 6.11. The SMILES string of the molecule is CC(C)SSc1cccc2cccc(COC(=O)C(C)C)c12. The quantitative estimate of drug-likeness (QED) is 0.501. The van der Waals surface area contributed by atoms with Gasteiger partial charge in [0.05, 0.1) is 5.92 Å². The van der Waals surface area contributed by atoms with E-state index in [2.05, 4.69) is 38.1 Å². The number of esters is 1. The van der Waals surface area contributed by atoms with Crippen molar-refractivity contribution in [1.82, 2.24) is 0 Å². The molecule has 2 aromatic rings. The highest BCUT2D eigenvalue weighted by Gasteiger charge is 2.12. The van der Waals surface area contributed by atoms with E-state index >= 15 is 0 Å². The molecule has 0 N–H and O–H groups in total. The van der Waals surface area contributed by atoms with Gasteiger partial charge >= 0.3 is 5.97 Å². The molecular formula is C18H22O2S2. The number of carbonyl (C=O) groups excluding carboxylic acids is 1. The van der Waals surface area contributed by atoms with Crippen LogP contribution in [-0.4, -0.2) is 11.2 Å². The van der Waals surface area contributed by atoms with Crippen molar-refractivity contribution in [3.63, 3.8) is 0 Å². The van der Waals surface area contributed by atoms with Crippen LogP contribution in [0.1, 0.15) is 33.3 Å². The van der Waals surface area contributed by atoms with Crippen LogP contribution >= 0.6 is 21.6 Å². The summed E-state index contributed by atoms with van der Waals surface area (Å²) < 4.78 is 5.42. The van der Waals surface area contributed by atoms with E-state index in [1.165, 1.54) is 15.7 Å². The first-order valence-electron chi connectivity index (χ1n) is 7.49. The van der Waals surface area contributed by atoms with Gasteiger partial charge in [-0.2, -0.15) is 0 Å². The molecule has 22 heavy (non-hydrogen) atoms. The second-order valence-corrected chi connectivity index (χ2v) is 8.58. The minimum Gasteiger partial charge on any atom is -0.461 e. The third kappa shape index (κ3) is 4.43. The van der Waals surface area contributed by atoms with E-state index in [0.29, 0.717) is 11.9 Å². The molecule has 0 aliphatic carbocycles. The average molecular weight is 335 g/mol. The van der Waals surface area contributed by atoms with Gasteiger partial charge in [0.2, 0.25) is 0 Å². The molecule has 0 atom stereocenters. The Kier molecular flexibility index (Phi) is 6.21. The Hall–Kier alpha value is -1.13. The maximum Gasteiger partial charge on any atom is 0.308 e. The van der Waals surface area contributed by atoms with Crippen LogP contribution in [-0.2, 0) is 16.1 Å². The lowest BCUT2D eigenvalue weighted by atomic mass is 10.1. The highest BCUT2D eigenvalue weighted by atomic mass is 33.1. The van der Waals surface area contributed by atoms with Gasteiger partial charge in [-0.1, -0.05) is 79.6 Å². The largest absolute Gasteiger partial charge is 0.461 e. The molecule has 0 unspecified atom stereocenters. The van der Waals surface area contributed by atoms with Crippen LogP contribution in [0.15, 0.2) is 41.3 Å². The van der Waals surface area contributed by atoms with Gasteiger partial charge in [-0.3, -0.25) is 4.79 Å². The number of fused-ring (bicyclic) bond motifs is 1. The van der Waals surface area contributed by atoms with Gasteiger partial charge in [-0.15, -0.1) is 0 Å². The highest BCUT2D eigenvalue weighted by Crippen LogP contribution is 2.39. The summed E-state index contributed by atoms with van der Waals surface area (Å²) in [7, 11) is 3.64. The zero-order chi connectivity index (χ0) is 16.1. The van der Waals surface area contributed by atoms with E-state index in [1.54, 1.807) is 10.8 Å².